The molecule has 26 heavy (non-hydrogen) atoms. The number of halogens is 1. The van der Waals surface area contributed by atoms with E-state index in [2.05, 4.69) is 34.2 Å². The topological polar surface area (TPSA) is 91.8 Å². The van der Waals surface area contributed by atoms with Crippen molar-refractivity contribution in [1.29, 1.82) is 0 Å². The number of hydrogen-bond donors (Lipinski definition) is 3. The van der Waals surface area contributed by atoms with Crippen LogP contribution in [0.3, 0.4) is 0 Å². The van der Waals surface area contributed by atoms with Crippen LogP contribution in [0.25, 0.3) is 0 Å². The first-order valence-electron chi connectivity index (χ1n) is 8.62. The predicted octanol–water partition coefficient (Wildman–Crippen LogP) is 1.85. The van der Waals surface area contributed by atoms with Crippen LogP contribution in [0.2, 0.25) is 5.02 Å². The minimum Gasteiger partial charge on any atom is -0.380 e. The van der Waals surface area contributed by atoms with E-state index in [1.165, 1.54) is 12.1 Å². The van der Waals surface area contributed by atoms with E-state index in [0.29, 0.717) is 36.6 Å². The van der Waals surface area contributed by atoms with E-state index in [1.807, 2.05) is 0 Å². The fourth-order valence-electron chi connectivity index (χ4n) is 1.97. The zero-order chi connectivity index (χ0) is 19.4. The van der Waals surface area contributed by atoms with Crippen LogP contribution in [0.1, 0.15) is 20.3 Å². The maximum absolute atomic E-state index is 12.2. The molecule has 1 rings (SSSR count). The number of nitrogens with zero attached hydrogens (tertiary/aromatic N) is 1. The Bertz CT molecular complexity index is 666. The molecule has 0 bridgehead atoms. The van der Waals surface area contributed by atoms with Crippen LogP contribution in [-0.2, 0) is 14.8 Å². The van der Waals surface area contributed by atoms with Gasteiger partial charge in [0.15, 0.2) is 5.96 Å². The summed E-state index contributed by atoms with van der Waals surface area (Å²) in [7, 11) is -1.92. The molecule has 0 unspecified atom stereocenters. The van der Waals surface area contributed by atoms with Crippen LogP contribution < -0.4 is 15.4 Å². The van der Waals surface area contributed by atoms with Gasteiger partial charge in [-0.05, 0) is 30.5 Å². The van der Waals surface area contributed by atoms with Crippen LogP contribution in [0.4, 0.5) is 0 Å². The fourth-order valence-corrected chi connectivity index (χ4v) is 3.30. The Hall–Kier alpha value is -1.35. The largest absolute Gasteiger partial charge is 0.380 e. The van der Waals surface area contributed by atoms with Gasteiger partial charge in [0.1, 0.15) is 0 Å². The summed E-state index contributed by atoms with van der Waals surface area (Å²) >= 11 is 5.83. The van der Waals surface area contributed by atoms with E-state index in [-0.39, 0.29) is 11.4 Å². The number of benzene rings is 1. The van der Waals surface area contributed by atoms with Crippen LogP contribution in [0, 0.1) is 5.92 Å². The van der Waals surface area contributed by atoms with Crippen molar-refractivity contribution >= 4 is 27.6 Å². The Morgan fingerprint density at radius 3 is 2.58 bits per heavy atom. The quantitative estimate of drug-likeness (QED) is 0.297. The Balaban J connectivity index is 2.24. The van der Waals surface area contributed by atoms with Gasteiger partial charge < -0.3 is 15.4 Å². The highest BCUT2D eigenvalue weighted by Gasteiger charge is 2.13. The maximum Gasteiger partial charge on any atom is 0.240 e. The minimum atomic E-state index is -3.58. The van der Waals surface area contributed by atoms with E-state index < -0.39 is 10.0 Å². The molecule has 7 nitrogen and oxygen atoms in total. The number of guanidine groups is 1. The molecule has 0 amide bonds. The fraction of sp³-hybridized carbons (Fsp3) is 0.588. The Morgan fingerprint density at radius 1 is 1.19 bits per heavy atom. The first-order chi connectivity index (χ1) is 12.3. The summed E-state index contributed by atoms with van der Waals surface area (Å²) < 4.78 is 32.4. The van der Waals surface area contributed by atoms with Crippen LogP contribution in [0.5, 0.6) is 0 Å². The molecule has 1 aromatic rings. The Labute approximate surface area is 161 Å². The highest BCUT2D eigenvalue weighted by Crippen LogP contribution is 2.14. The molecular formula is C17H29ClN4O3S. The lowest BCUT2D eigenvalue weighted by atomic mass is 10.1. The maximum atomic E-state index is 12.2. The molecule has 0 aliphatic heterocycles. The molecule has 0 saturated carbocycles. The zero-order valence-corrected chi connectivity index (χ0v) is 17.2. The van der Waals surface area contributed by atoms with Gasteiger partial charge in [0, 0.05) is 38.3 Å². The van der Waals surface area contributed by atoms with Crippen molar-refractivity contribution in [1.82, 2.24) is 15.4 Å². The molecule has 0 saturated heterocycles. The van der Waals surface area contributed by atoms with Crippen molar-refractivity contribution in [3.8, 4) is 0 Å². The lowest BCUT2D eigenvalue weighted by Gasteiger charge is -2.13. The SMILES string of the molecule is CN=C(NCCNS(=O)(=O)c1cccc(Cl)c1)NCCOCCC(C)C. The number of ether oxygens (including phenoxy) is 1. The first-order valence-corrected chi connectivity index (χ1v) is 10.5. The van der Waals surface area contributed by atoms with Crippen LogP contribution in [0.15, 0.2) is 34.2 Å². The molecule has 1 aromatic carbocycles. The van der Waals surface area contributed by atoms with Crippen molar-refractivity contribution in [2.24, 2.45) is 10.9 Å². The molecule has 9 heteroatoms. The highest BCUT2D eigenvalue weighted by molar-refractivity contribution is 7.89. The third-order valence-corrected chi connectivity index (χ3v) is 5.11. The van der Waals surface area contributed by atoms with Gasteiger partial charge in [-0.1, -0.05) is 31.5 Å². The minimum absolute atomic E-state index is 0.144. The molecule has 0 aliphatic rings. The van der Waals surface area contributed by atoms with Gasteiger partial charge in [0.05, 0.1) is 11.5 Å². The van der Waals surface area contributed by atoms with Crippen molar-refractivity contribution in [2.75, 3.05) is 39.9 Å². The summed E-state index contributed by atoms with van der Waals surface area (Å²) in [6.07, 6.45) is 1.04. The number of hydrogen-bond acceptors (Lipinski definition) is 4. The molecule has 0 radical (unpaired) electrons. The first kappa shape index (κ1) is 22.7. The van der Waals surface area contributed by atoms with Gasteiger partial charge in [-0.25, -0.2) is 13.1 Å². The summed E-state index contributed by atoms with van der Waals surface area (Å²) in [6, 6.07) is 6.15. The number of aliphatic imine (C=N–C) groups is 1. The van der Waals surface area contributed by atoms with E-state index in [4.69, 9.17) is 16.3 Å². The smallest absolute Gasteiger partial charge is 0.240 e. The van der Waals surface area contributed by atoms with Crippen molar-refractivity contribution in [2.45, 2.75) is 25.2 Å². The van der Waals surface area contributed by atoms with E-state index in [0.717, 1.165) is 13.0 Å². The molecule has 0 aliphatic carbocycles. The summed E-state index contributed by atoms with van der Waals surface area (Å²) in [5.74, 6) is 1.23. The van der Waals surface area contributed by atoms with Crippen molar-refractivity contribution in [3.05, 3.63) is 29.3 Å². The summed E-state index contributed by atoms with van der Waals surface area (Å²) in [5, 5.41) is 6.54. The van der Waals surface area contributed by atoms with E-state index in [1.54, 1.807) is 19.2 Å². The Morgan fingerprint density at radius 2 is 1.92 bits per heavy atom. The average Bonchev–Trinajstić information content (AvgIpc) is 2.59. The van der Waals surface area contributed by atoms with Crippen molar-refractivity contribution < 1.29 is 13.2 Å². The molecule has 0 heterocycles. The van der Waals surface area contributed by atoms with E-state index >= 15 is 0 Å². The van der Waals surface area contributed by atoms with Gasteiger partial charge in [-0.15, -0.1) is 0 Å². The van der Waals surface area contributed by atoms with Crippen molar-refractivity contribution in [3.63, 3.8) is 0 Å². The molecule has 3 N–H and O–H groups in total. The molecule has 0 atom stereocenters. The van der Waals surface area contributed by atoms with Gasteiger partial charge >= 0.3 is 0 Å². The average molecular weight is 405 g/mol. The molecular weight excluding hydrogens is 376 g/mol. The molecule has 0 spiro atoms. The van der Waals surface area contributed by atoms with Gasteiger partial charge in [0.2, 0.25) is 10.0 Å². The number of rotatable bonds is 11. The molecule has 148 valence electrons. The van der Waals surface area contributed by atoms with Gasteiger partial charge in [-0.2, -0.15) is 0 Å². The molecule has 0 aromatic heterocycles. The zero-order valence-electron chi connectivity index (χ0n) is 15.6. The molecule has 0 fully saturated rings. The Kier molecular flexibility index (Phi) is 10.6. The highest BCUT2D eigenvalue weighted by atomic mass is 35.5. The summed E-state index contributed by atoms with van der Waals surface area (Å²) in [4.78, 5) is 4.23. The number of sulfonamides is 1. The number of nitrogens with one attached hydrogen (secondary N) is 3. The van der Waals surface area contributed by atoms with Crippen LogP contribution >= 0.6 is 11.6 Å². The van der Waals surface area contributed by atoms with E-state index in [9.17, 15) is 8.42 Å². The van der Waals surface area contributed by atoms with Gasteiger partial charge in [0.25, 0.3) is 0 Å². The predicted molar refractivity (Wildman–Crippen MR) is 106 cm³/mol. The summed E-state index contributed by atoms with van der Waals surface area (Å²) in [6.45, 7) is 6.91. The third-order valence-electron chi connectivity index (χ3n) is 3.42. The van der Waals surface area contributed by atoms with Gasteiger partial charge in [-0.3, -0.25) is 4.99 Å². The monoisotopic (exact) mass is 404 g/mol. The lowest BCUT2D eigenvalue weighted by molar-refractivity contribution is 0.128. The second-order valence-electron chi connectivity index (χ2n) is 6.08. The third kappa shape index (κ3) is 9.38. The second kappa shape index (κ2) is 12.1. The van der Waals surface area contributed by atoms with Crippen LogP contribution in [-0.4, -0.2) is 54.3 Å². The second-order valence-corrected chi connectivity index (χ2v) is 8.28. The standard InChI is InChI=1S/C17H29ClN4O3S/c1-14(2)7-11-25-12-10-21-17(19-3)20-8-9-22-26(23,24)16-6-4-5-15(18)13-16/h4-6,13-14,22H,7-12H2,1-3H3,(H2,19,20,21). The summed E-state index contributed by atoms with van der Waals surface area (Å²) in [5.41, 5.74) is 0. The normalized spacial score (nSPS) is 12.4. The lowest BCUT2D eigenvalue weighted by Crippen LogP contribution is -2.42.